The lowest BCUT2D eigenvalue weighted by atomic mass is 9.70. The molecule has 7 rings (SSSR count). The number of sulfonamides is 1. The van der Waals surface area contributed by atoms with Crippen LogP contribution in [0.15, 0.2) is 65.6 Å². The number of carbonyl (C=O) groups excluding carboxylic acids is 1. The van der Waals surface area contributed by atoms with Crippen LogP contribution in [0.5, 0.6) is 0 Å². The number of hydrogen-bond acceptors (Lipinski definition) is 5. The fourth-order valence-electron chi connectivity index (χ4n) is 8.75. The van der Waals surface area contributed by atoms with Crippen LogP contribution in [0.3, 0.4) is 0 Å². The smallest absolute Gasteiger partial charge is 0.338 e. The molecule has 0 unspecified atom stereocenters. The Morgan fingerprint density at radius 2 is 1.67 bits per heavy atom. The molecular weight excluding hydrogens is 725 g/mol. The number of aromatic nitrogens is 2. The minimum absolute atomic E-state index is 0.174. The molecule has 3 aromatic carbocycles. The van der Waals surface area contributed by atoms with E-state index < -0.39 is 55.4 Å². The molecule has 1 N–H and O–H groups in total. The maximum Gasteiger partial charge on any atom is 0.402 e. The van der Waals surface area contributed by atoms with Crippen molar-refractivity contribution in [2.75, 3.05) is 26.2 Å². The molecule has 3 atom stereocenters. The summed E-state index contributed by atoms with van der Waals surface area (Å²) in [6, 6.07) is 17.1. The summed E-state index contributed by atoms with van der Waals surface area (Å²) >= 11 is 5.93. The maximum absolute atomic E-state index is 15.1. The number of nitrogens with one attached hydrogen (secondary N) is 1. The largest absolute Gasteiger partial charge is 0.402 e. The van der Waals surface area contributed by atoms with Crippen LogP contribution in [0.1, 0.15) is 72.7 Å². The van der Waals surface area contributed by atoms with Crippen LogP contribution in [0.2, 0.25) is 5.02 Å². The number of aryl methyl sites for hydroxylation is 1. The van der Waals surface area contributed by atoms with E-state index in [-0.39, 0.29) is 18.9 Å². The Morgan fingerprint density at radius 3 is 2.35 bits per heavy atom. The number of imidazole rings is 1. The van der Waals surface area contributed by atoms with E-state index in [1.807, 2.05) is 24.3 Å². The summed E-state index contributed by atoms with van der Waals surface area (Å²) in [5.41, 5.74) is 1.87. The van der Waals surface area contributed by atoms with Gasteiger partial charge in [0.1, 0.15) is 28.9 Å². The van der Waals surface area contributed by atoms with E-state index in [1.165, 1.54) is 21.8 Å². The Kier molecular flexibility index (Phi) is 9.89. The summed E-state index contributed by atoms with van der Waals surface area (Å²) in [7, 11) is -4.82. The van der Waals surface area contributed by atoms with Gasteiger partial charge in [0.15, 0.2) is 0 Å². The molecule has 3 aliphatic heterocycles. The maximum atomic E-state index is 15.1. The van der Waals surface area contributed by atoms with Crippen LogP contribution < -0.4 is 4.72 Å². The lowest BCUT2D eigenvalue weighted by Gasteiger charge is -2.45. The van der Waals surface area contributed by atoms with E-state index in [4.69, 9.17) is 16.6 Å². The molecule has 3 fully saturated rings. The van der Waals surface area contributed by atoms with Crippen LogP contribution in [0.4, 0.5) is 22.0 Å². The van der Waals surface area contributed by atoms with Gasteiger partial charge in [-0.25, -0.2) is 26.9 Å². The molecule has 0 spiro atoms. The number of alkyl halides is 3. The molecule has 52 heavy (non-hydrogen) atoms. The minimum Gasteiger partial charge on any atom is -0.338 e. The van der Waals surface area contributed by atoms with Gasteiger partial charge in [-0.05, 0) is 106 Å². The van der Waals surface area contributed by atoms with Crippen molar-refractivity contribution in [3.05, 3.63) is 94.3 Å². The van der Waals surface area contributed by atoms with Gasteiger partial charge in [0.05, 0.1) is 21.6 Å². The van der Waals surface area contributed by atoms with E-state index in [0.717, 1.165) is 54.6 Å². The highest BCUT2D eigenvalue weighted by Gasteiger charge is 2.44. The molecule has 3 saturated heterocycles. The summed E-state index contributed by atoms with van der Waals surface area (Å²) in [5.74, 6) is -1.25. The number of hydrogen-bond donors (Lipinski definition) is 1. The number of halogens is 6. The number of fused-ring (bicyclic) bond motifs is 3. The number of likely N-dealkylation sites (tertiary alicyclic amines) is 1. The zero-order chi connectivity index (χ0) is 37.0. The first-order valence-electron chi connectivity index (χ1n) is 17.4. The number of para-hydroxylation sites is 2. The fourth-order valence-corrected chi connectivity index (χ4v) is 10.3. The molecule has 0 radical (unpaired) electrons. The molecule has 2 bridgehead atoms. The van der Waals surface area contributed by atoms with Crippen molar-refractivity contribution in [3.8, 4) is 0 Å². The van der Waals surface area contributed by atoms with Crippen LogP contribution >= 0.6 is 11.6 Å². The third kappa shape index (κ3) is 7.19. The summed E-state index contributed by atoms with van der Waals surface area (Å²) in [5, 5.41) is -0.654. The summed E-state index contributed by atoms with van der Waals surface area (Å²) in [6.07, 6.45) is 0.961. The van der Waals surface area contributed by atoms with Gasteiger partial charge in [-0.2, -0.15) is 13.2 Å². The van der Waals surface area contributed by atoms with Gasteiger partial charge in [0.25, 0.3) is 5.91 Å². The van der Waals surface area contributed by atoms with Crippen LogP contribution in [-0.4, -0.2) is 78.1 Å². The Bertz CT molecular complexity index is 2090. The van der Waals surface area contributed by atoms with E-state index in [0.29, 0.717) is 49.5 Å². The zero-order valence-corrected chi connectivity index (χ0v) is 30.0. The molecule has 0 saturated carbocycles. The van der Waals surface area contributed by atoms with Crippen molar-refractivity contribution < 1.29 is 35.2 Å². The van der Waals surface area contributed by atoms with E-state index in [1.54, 1.807) is 6.07 Å². The lowest BCUT2D eigenvalue weighted by Crippen LogP contribution is -2.49. The average Bonchev–Trinajstić information content (AvgIpc) is 3.56. The quantitative estimate of drug-likeness (QED) is 0.178. The highest BCUT2D eigenvalue weighted by molar-refractivity contribution is 7.89. The zero-order valence-electron chi connectivity index (χ0n) is 28.5. The SMILES string of the molecule is Cc1nc2ccccc2n1[C@H]1C[C@H]2CC[C@@H](C1)N2CCC1(c2cccc(F)c2)CCN(C(=O)c2cc(S(=O)(=O)NCC(F)(F)F)c(Cl)cc2F)CC1. The normalized spacial score (nSPS) is 22.3. The Balaban J connectivity index is 1.07. The Labute approximate surface area is 304 Å². The first-order valence-corrected chi connectivity index (χ1v) is 19.3. The van der Waals surface area contributed by atoms with E-state index >= 15 is 4.39 Å². The van der Waals surface area contributed by atoms with Gasteiger partial charge in [-0.15, -0.1) is 0 Å². The molecule has 1 aromatic heterocycles. The fraction of sp³-hybridized carbons (Fsp3) is 0.459. The third-order valence-corrected chi connectivity index (χ3v) is 13.2. The van der Waals surface area contributed by atoms with Crippen molar-refractivity contribution in [1.82, 2.24) is 24.1 Å². The van der Waals surface area contributed by atoms with Gasteiger partial charge >= 0.3 is 6.18 Å². The van der Waals surface area contributed by atoms with Gasteiger partial charge < -0.3 is 9.47 Å². The van der Waals surface area contributed by atoms with Crippen LogP contribution in [0, 0.1) is 18.6 Å². The first-order chi connectivity index (χ1) is 24.6. The van der Waals surface area contributed by atoms with Gasteiger partial charge in [0.2, 0.25) is 10.0 Å². The highest BCUT2D eigenvalue weighted by Crippen LogP contribution is 2.45. The molecule has 3 aliphatic rings. The number of benzene rings is 3. The molecule has 278 valence electrons. The number of piperidine rings is 2. The molecular formula is C37H39ClF5N5O3S. The molecule has 15 heteroatoms. The van der Waals surface area contributed by atoms with E-state index in [2.05, 4.69) is 22.5 Å². The third-order valence-electron chi connectivity index (χ3n) is 11.3. The summed E-state index contributed by atoms with van der Waals surface area (Å²) < 4.78 is 97.1. The topological polar surface area (TPSA) is 87.5 Å². The predicted molar refractivity (Wildman–Crippen MR) is 187 cm³/mol. The number of amides is 1. The van der Waals surface area contributed by atoms with Gasteiger partial charge in [-0.1, -0.05) is 35.9 Å². The average molecular weight is 764 g/mol. The first kappa shape index (κ1) is 36.8. The van der Waals surface area contributed by atoms with Gasteiger partial charge in [0, 0.05) is 31.2 Å². The van der Waals surface area contributed by atoms with Crippen molar-refractivity contribution in [3.63, 3.8) is 0 Å². The van der Waals surface area contributed by atoms with Crippen molar-refractivity contribution in [2.24, 2.45) is 0 Å². The second-order valence-electron chi connectivity index (χ2n) is 14.3. The minimum atomic E-state index is -4.84. The predicted octanol–water partition coefficient (Wildman–Crippen LogP) is 7.55. The van der Waals surface area contributed by atoms with E-state index in [9.17, 15) is 30.8 Å². The molecule has 4 heterocycles. The van der Waals surface area contributed by atoms with Crippen molar-refractivity contribution >= 4 is 38.6 Å². The second kappa shape index (κ2) is 14.0. The standard InChI is InChI=1S/C37H39ClF5N5O3S/c1-23-45-32-7-2-3-8-33(32)48(23)28-18-26-9-10-27(19-28)47(26)16-13-36(24-5-4-6-25(39)17-24)11-14-46(15-12-36)35(49)29-20-34(30(38)21-31(29)40)52(50,51)44-22-37(41,42)43/h2-8,17,20-21,26-28,44H,9-16,18-19,22H2,1H3/t26-,27+,28+. The molecule has 8 nitrogen and oxygen atoms in total. The molecule has 4 aromatic rings. The molecule has 0 aliphatic carbocycles. The number of carbonyl (C=O) groups is 1. The number of rotatable bonds is 9. The van der Waals surface area contributed by atoms with Crippen molar-refractivity contribution in [2.45, 2.75) is 86.5 Å². The Hall–Kier alpha value is -3.59. The number of nitrogens with zero attached hydrogens (tertiary/aromatic N) is 4. The lowest BCUT2D eigenvalue weighted by molar-refractivity contribution is -0.121. The van der Waals surface area contributed by atoms with Gasteiger partial charge in [-0.3, -0.25) is 9.69 Å². The monoisotopic (exact) mass is 763 g/mol. The van der Waals surface area contributed by atoms with Crippen LogP contribution in [0.25, 0.3) is 11.0 Å². The second-order valence-corrected chi connectivity index (χ2v) is 16.4. The molecule has 1 amide bonds. The van der Waals surface area contributed by atoms with Crippen LogP contribution in [-0.2, 0) is 15.4 Å². The van der Waals surface area contributed by atoms with Crippen molar-refractivity contribution in [1.29, 1.82) is 0 Å². The highest BCUT2D eigenvalue weighted by atomic mass is 35.5. The summed E-state index contributed by atoms with van der Waals surface area (Å²) in [4.78, 5) is 21.6. The summed E-state index contributed by atoms with van der Waals surface area (Å²) in [6.45, 7) is 1.34. The Morgan fingerprint density at radius 1 is 0.981 bits per heavy atom.